The summed E-state index contributed by atoms with van der Waals surface area (Å²) in [6.07, 6.45) is 1.86. The van der Waals surface area contributed by atoms with Crippen LogP contribution >= 0.6 is 31.9 Å². The second-order valence-corrected chi connectivity index (χ2v) is 8.12. The maximum absolute atomic E-state index is 11.8. The Morgan fingerprint density at radius 1 is 1.63 bits per heavy atom. The summed E-state index contributed by atoms with van der Waals surface area (Å²) in [5.74, 6) is -0.433. The fraction of sp³-hybridized carbons (Fsp3) is 0.400. The molecule has 1 saturated carbocycles. The van der Waals surface area contributed by atoms with Gasteiger partial charge in [-0.3, -0.25) is 14.9 Å². The minimum Gasteiger partial charge on any atom is -0.400 e. The first-order chi connectivity index (χ1) is 8.76. The van der Waals surface area contributed by atoms with E-state index in [4.69, 9.17) is 4.42 Å². The van der Waals surface area contributed by atoms with E-state index in [-0.39, 0.29) is 17.6 Å². The average molecular weight is 395 g/mol. The Kier molecular flexibility index (Phi) is 3.52. The molecule has 0 unspecified atom stereocenters. The highest BCUT2D eigenvalue weighted by Gasteiger charge is 2.66. The Labute approximate surface area is 124 Å². The molecule has 0 aromatic carbocycles. The summed E-state index contributed by atoms with van der Waals surface area (Å²) >= 11 is 6.75. The van der Waals surface area contributed by atoms with Gasteiger partial charge in [0, 0.05) is 0 Å². The van der Waals surface area contributed by atoms with Crippen molar-refractivity contribution in [3.63, 3.8) is 0 Å². The molecule has 19 heavy (non-hydrogen) atoms. The van der Waals surface area contributed by atoms with Crippen LogP contribution in [0.1, 0.15) is 19.1 Å². The monoisotopic (exact) mass is 393 g/mol. The molecule has 1 aliphatic rings. The van der Waals surface area contributed by atoms with Gasteiger partial charge in [0.2, 0.25) is 5.91 Å². The molecule has 1 heterocycles. The van der Waals surface area contributed by atoms with Gasteiger partial charge in [-0.25, -0.2) is 5.43 Å². The van der Waals surface area contributed by atoms with Crippen LogP contribution in [0.2, 0.25) is 0 Å². The topological polar surface area (TPSA) is 97.7 Å². The molecule has 1 aromatic heterocycles. The highest BCUT2D eigenvalue weighted by atomic mass is 79.9. The van der Waals surface area contributed by atoms with Crippen molar-refractivity contribution in [2.24, 2.45) is 10.5 Å². The highest BCUT2D eigenvalue weighted by molar-refractivity contribution is 9.25. The molecule has 1 N–H and O–H groups in total. The van der Waals surface area contributed by atoms with Crippen LogP contribution in [0.3, 0.4) is 0 Å². The number of hydrogen-bond acceptors (Lipinski definition) is 5. The third-order valence-corrected chi connectivity index (χ3v) is 5.22. The smallest absolute Gasteiger partial charge is 0.400 e. The quantitative estimate of drug-likeness (QED) is 0.367. The molecule has 1 fully saturated rings. The maximum atomic E-state index is 11.8. The molecule has 0 saturated heterocycles. The minimum atomic E-state index is -0.648. The largest absolute Gasteiger partial charge is 0.433 e. The summed E-state index contributed by atoms with van der Waals surface area (Å²) < 4.78 is 4.46. The predicted molar refractivity (Wildman–Crippen MR) is 74.4 cm³/mol. The molecule has 0 bridgehead atoms. The lowest BCUT2D eigenvalue weighted by molar-refractivity contribution is -0.402. The van der Waals surface area contributed by atoms with Crippen LogP contribution in [-0.4, -0.2) is 20.3 Å². The standard InChI is InChI=1S/C10H9Br2N3O4/c1-9(5-10(9,11)12)8(16)14-13-4-6-2-3-7(19-6)15(17)18/h2-4H,5H2,1H3,(H,14,16)/t9-/m0/s1. The summed E-state index contributed by atoms with van der Waals surface area (Å²) in [5.41, 5.74) is 1.80. The normalized spacial score (nSPS) is 24.4. The summed E-state index contributed by atoms with van der Waals surface area (Å²) in [6.45, 7) is 1.79. The number of carbonyl (C=O) groups excluding carboxylic acids is 1. The van der Waals surface area contributed by atoms with E-state index in [0.717, 1.165) is 0 Å². The summed E-state index contributed by atoms with van der Waals surface area (Å²) in [4.78, 5) is 21.6. The van der Waals surface area contributed by atoms with Crippen molar-refractivity contribution in [3.05, 3.63) is 28.0 Å². The highest BCUT2D eigenvalue weighted by Crippen LogP contribution is 2.66. The lowest BCUT2D eigenvalue weighted by atomic mass is 10.1. The van der Waals surface area contributed by atoms with Crippen molar-refractivity contribution in [2.75, 3.05) is 0 Å². The zero-order valence-electron chi connectivity index (χ0n) is 9.72. The number of nitrogens with zero attached hydrogens (tertiary/aromatic N) is 2. The van der Waals surface area contributed by atoms with E-state index in [9.17, 15) is 14.9 Å². The zero-order chi connectivity index (χ0) is 14.3. The SMILES string of the molecule is C[C@@]1(C(=O)NN=Cc2ccc([N+](=O)[O-])o2)CC1(Br)Br. The lowest BCUT2D eigenvalue weighted by Crippen LogP contribution is -2.29. The number of amides is 1. The van der Waals surface area contributed by atoms with Crippen molar-refractivity contribution in [3.8, 4) is 0 Å². The number of nitrogens with one attached hydrogen (secondary N) is 1. The van der Waals surface area contributed by atoms with Gasteiger partial charge in [-0.15, -0.1) is 0 Å². The van der Waals surface area contributed by atoms with E-state index in [2.05, 4.69) is 42.4 Å². The first-order valence-electron chi connectivity index (χ1n) is 5.22. The molecule has 0 spiro atoms. The second kappa shape index (κ2) is 4.71. The van der Waals surface area contributed by atoms with Crippen LogP contribution in [0.15, 0.2) is 21.7 Å². The van der Waals surface area contributed by atoms with E-state index >= 15 is 0 Å². The second-order valence-electron chi connectivity index (χ2n) is 4.35. The summed E-state index contributed by atoms with van der Waals surface area (Å²) in [6, 6.07) is 2.61. The van der Waals surface area contributed by atoms with Crippen molar-refractivity contribution in [1.82, 2.24) is 5.43 Å². The molecule has 1 atom stereocenters. The average Bonchev–Trinajstić information content (AvgIpc) is 2.70. The third-order valence-electron chi connectivity index (χ3n) is 2.91. The van der Waals surface area contributed by atoms with Crippen molar-refractivity contribution in [2.45, 2.75) is 16.6 Å². The van der Waals surface area contributed by atoms with E-state index in [1.54, 1.807) is 6.92 Å². The van der Waals surface area contributed by atoms with E-state index in [1.807, 2.05) is 0 Å². The predicted octanol–water partition coefficient (Wildman–Crippen LogP) is 2.53. The first-order valence-corrected chi connectivity index (χ1v) is 6.80. The molecule has 0 radical (unpaired) electrons. The van der Waals surface area contributed by atoms with Gasteiger partial charge in [0.05, 0.1) is 20.9 Å². The lowest BCUT2D eigenvalue weighted by Gasteiger charge is -2.09. The maximum Gasteiger partial charge on any atom is 0.433 e. The Morgan fingerprint density at radius 3 is 2.74 bits per heavy atom. The number of rotatable bonds is 4. The molecule has 2 rings (SSSR count). The van der Waals surface area contributed by atoms with Crippen LogP contribution in [0.5, 0.6) is 0 Å². The number of nitro groups is 1. The Balaban J connectivity index is 1.93. The molecule has 1 aromatic rings. The van der Waals surface area contributed by atoms with Gasteiger partial charge in [0.1, 0.15) is 4.92 Å². The number of halogens is 2. The zero-order valence-corrected chi connectivity index (χ0v) is 12.9. The van der Waals surface area contributed by atoms with Crippen LogP contribution < -0.4 is 5.43 Å². The van der Waals surface area contributed by atoms with Crippen molar-refractivity contribution < 1.29 is 14.1 Å². The fourth-order valence-corrected chi connectivity index (χ4v) is 2.92. The van der Waals surface area contributed by atoms with Gasteiger partial charge in [-0.2, -0.15) is 5.10 Å². The van der Waals surface area contributed by atoms with Gasteiger partial charge in [-0.1, -0.05) is 31.9 Å². The summed E-state index contributed by atoms with van der Waals surface area (Å²) in [7, 11) is 0. The van der Waals surface area contributed by atoms with E-state index in [1.165, 1.54) is 18.3 Å². The Bertz CT molecular complexity index is 569. The first kappa shape index (κ1) is 14.2. The van der Waals surface area contributed by atoms with Crippen LogP contribution in [0.4, 0.5) is 5.88 Å². The molecule has 1 aliphatic carbocycles. The van der Waals surface area contributed by atoms with Crippen LogP contribution in [0.25, 0.3) is 0 Å². The van der Waals surface area contributed by atoms with Gasteiger partial charge >= 0.3 is 5.88 Å². The summed E-state index contributed by atoms with van der Waals surface area (Å²) in [5, 5.41) is 14.1. The molecule has 0 aliphatic heterocycles. The van der Waals surface area contributed by atoms with Gasteiger partial charge < -0.3 is 4.42 Å². The van der Waals surface area contributed by atoms with Gasteiger partial charge in [0.15, 0.2) is 5.76 Å². The van der Waals surface area contributed by atoms with Crippen molar-refractivity contribution >= 4 is 49.9 Å². The van der Waals surface area contributed by atoms with Crippen LogP contribution in [0, 0.1) is 15.5 Å². The number of hydrogen-bond donors (Lipinski definition) is 1. The van der Waals surface area contributed by atoms with E-state index < -0.39 is 13.6 Å². The van der Waals surface area contributed by atoms with Gasteiger partial charge in [0.25, 0.3) is 0 Å². The number of carbonyl (C=O) groups is 1. The van der Waals surface area contributed by atoms with Crippen molar-refractivity contribution in [1.29, 1.82) is 0 Å². The van der Waals surface area contributed by atoms with Gasteiger partial charge in [-0.05, 0) is 19.4 Å². The molecular weight excluding hydrogens is 386 g/mol. The minimum absolute atomic E-state index is 0.192. The molecule has 9 heteroatoms. The Morgan fingerprint density at radius 2 is 2.26 bits per heavy atom. The van der Waals surface area contributed by atoms with E-state index in [0.29, 0.717) is 6.42 Å². The number of furan rings is 1. The number of hydrazone groups is 1. The molecule has 7 nitrogen and oxygen atoms in total. The van der Waals surface area contributed by atoms with Crippen LogP contribution in [-0.2, 0) is 4.79 Å². The molecule has 1 amide bonds. The molecular formula is C10H9Br2N3O4. The molecule has 102 valence electrons. The number of alkyl halides is 2. The Hall–Kier alpha value is -1.22. The third kappa shape index (κ3) is 2.71. The fourth-order valence-electron chi connectivity index (χ4n) is 1.43.